The molecule has 2 amide bonds. The van der Waals surface area contributed by atoms with Crippen molar-refractivity contribution in [1.82, 2.24) is 10.2 Å². The number of rotatable bonds is 6. The molecule has 1 unspecified atom stereocenters. The van der Waals surface area contributed by atoms with E-state index in [-0.39, 0.29) is 18.4 Å². The Morgan fingerprint density at radius 2 is 2.00 bits per heavy atom. The highest BCUT2D eigenvalue weighted by Gasteiger charge is 2.34. The van der Waals surface area contributed by atoms with Gasteiger partial charge in [-0.2, -0.15) is 0 Å². The lowest BCUT2D eigenvalue weighted by Crippen LogP contribution is -2.50. The summed E-state index contributed by atoms with van der Waals surface area (Å²) in [6.45, 7) is 7.17. The lowest BCUT2D eigenvalue weighted by Gasteiger charge is -2.34. The third kappa shape index (κ3) is 4.33. The molecule has 1 atom stereocenters. The molecule has 30 heavy (non-hydrogen) atoms. The van der Waals surface area contributed by atoms with Crippen LogP contribution in [-0.4, -0.2) is 49.0 Å². The summed E-state index contributed by atoms with van der Waals surface area (Å²) in [6, 6.07) is 14.3. The van der Waals surface area contributed by atoms with Gasteiger partial charge in [0.1, 0.15) is 12.3 Å². The number of hydrogen-bond donors (Lipinski definition) is 1. The fourth-order valence-corrected chi connectivity index (χ4v) is 4.15. The molecule has 4 rings (SSSR count). The van der Waals surface area contributed by atoms with Gasteiger partial charge in [-0.1, -0.05) is 37.3 Å². The minimum absolute atomic E-state index is 0.0119. The van der Waals surface area contributed by atoms with Gasteiger partial charge in [0, 0.05) is 26.2 Å². The molecule has 0 saturated heterocycles. The normalized spacial score (nSPS) is 18.4. The molecular weight excluding hydrogens is 378 g/mol. The van der Waals surface area contributed by atoms with Crippen LogP contribution in [0.25, 0.3) is 0 Å². The van der Waals surface area contributed by atoms with Crippen molar-refractivity contribution < 1.29 is 14.3 Å². The molecule has 1 N–H and O–H groups in total. The van der Waals surface area contributed by atoms with Crippen LogP contribution in [0.3, 0.4) is 0 Å². The third-order valence-electron chi connectivity index (χ3n) is 5.85. The standard InChI is InChI=1S/C24H29N3O3/c1-3-21-24(29)27(20-14-17(2)8-9-22(20)30-21)16-23(28)25-11-13-26-12-10-18-6-4-5-7-19(18)15-26/h4-9,14,21H,3,10-13,15-16H2,1-2H3,(H,25,28). The second-order valence-corrected chi connectivity index (χ2v) is 8.06. The van der Waals surface area contributed by atoms with Gasteiger partial charge in [0.2, 0.25) is 5.91 Å². The Kier molecular flexibility index (Phi) is 6.04. The van der Waals surface area contributed by atoms with Crippen LogP contribution in [0.2, 0.25) is 0 Å². The second kappa shape index (κ2) is 8.88. The number of ether oxygens (including phenoxy) is 1. The molecule has 6 nitrogen and oxygen atoms in total. The summed E-state index contributed by atoms with van der Waals surface area (Å²) < 4.78 is 5.82. The first kappa shape index (κ1) is 20.4. The molecular formula is C24H29N3O3. The van der Waals surface area contributed by atoms with Crippen LogP contribution in [0.5, 0.6) is 5.75 Å². The number of carbonyl (C=O) groups is 2. The van der Waals surface area contributed by atoms with Gasteiger partial charge >= 0.3 is 0 Å². The Balaban J connectivity index is 1.34. The molecule has 158 valence electrons. The first-order valence-electron chi connectivity index (χ1n) is 10.7. The predicted molar refractivity (Wildman–Crippen MR) is 117 cm³/mol. The Hall–Kier alpha value is -2.86. The fourth-order valence-electron chi connectivity index (χ4n) is 4.15. The second-order valence-electron chi connectivity index (χ2n) is 8.06. The molecule has 0 bridgehead atoms. The first-order valence-corrected chi connectivity index (χ1v) is 10.7. The number of hydrogen-bond acceptors (Lipinski definition) is 4. The van der Waals surface area contributed by atoms with Gasteiger partial charge in [-0.3, -0.25) is 19.4 Å². The van der Waals surface area contributed by atoms with E-state index in [1.807, 2.05) is 32.0 Å². The van der Waals surface area contributed by atoms with Crippen molar-refractivity contribution in [3.8, 4) is 5.75 Å². The molecule has 0 spiro atoms. The molecule has 6 heteroatoms. The topological polar surface area (TPSA) is 61.9 Å². The Morgan fingerprint density at radius 1 is 1.20 bits per heavy atom. The maximum atomic E-state index is 12.8. The number of nitrogens with zero attached hydrogens (tertiary/aromatic N) is 2. The number of amides is 2. The molecule has 0 saturated carbocycles. The zero-order chi connectivity index (χ0) is 21.1. The van der Waals surface area contributed by atoms with E-state index in [2.05, 4.69) is 34.5 Å². The molecule has 0 fully saturated rings. The van der Waals surface area contributed by atoms with Crippen molar-refractivity contribution in [2.75, 3.05) is 31.1 Å². The maximum absolute atomic E-state index is 12.8. The Morgan fingerprint density at radius 3 is 2.80 bits per heavy atom. The third-order valence-corrected chi connectivity index (χ3v) is 5.85. The molecule has 2 aromatic carbocycles. The van der Waals surface area contributed by atoms with Crippen molar-refractivity contribution in [1.29, 1.82) is 0 Å². The van der Waals surface area contributed by atoms with Crippen LogP contribution in [-0.2, 0) is 22.6 Å². The number of aryl methyl sites for hydroxylation is 1. The van der Waals surface area contributed by atoms with E-state index in [1.165, 1.54) is 11.1 Å². The van der Waals surface area contributed by atoms with E-state index in [1.54, 1.807) is 4.90 Å². The zero-order valence-electron chi connectivity index (χ0n) is 17.7. The molecule has 2 aliphatic heterocycles. The van der Waals surface area contributed by atoms with Crippen molar-refractivity contribution in [3.05, 3.63) is 59.2 Å². The van der Waals surface area contributed by atoms with Crippen molar-refractivity contribution >= 4 is 17.5 Å². The summed E-state index contributed by atoms with van der Waals surface area (Å²) in [6.07, 6.45) is 1.07. The van der Waals surface area contributed by atoms with E-state index >= 15 is 0 Å². The van der Waals surface area contributed by atoms with Crippen molar-refractivity contribution in [2.45, 2.75) is 39.3 Å². The lowest BCUT2D eigenvalue weighted by atomic mass is 10.00. The number of fused-ring (bicyclic) bond motifs is 2. The highest BCUT2D eigenvalue weighted by atomic mass is 16.5. The largest absolute Gasteiger partial charge is 0.478 e. The van der Waals surface area contributed by atoms with Crippen LogP contribution in [0, 0.1) is 6.92 Å². The van der Waals surface area contributed by atoms with Crippen LogP contribution in [0.4, 0.5) is 5.69 Å². The van der Waals surface area contributed by atoms with Crippen LogP contribution >= 0.6 is 0 Å². The quantitative estimate of drug-likeness (QED) is 0.800. The van der Waals surface area contributed by atoms with E-state index in [4.69, 9.17) is 4.74 Å². The summed E-state index contributed by atoms with van der Waals surface area (Å²) in [5, 5.41) is 2.98. The number of nitrogens with one attached hydrogen (secondary N) is 1. The average molecular weight is 408 g/mol. The van der Waals surface area contributed by atoms with E-state index in [9.17, 15) is 9.59 Å². The Bertz CT molecular complexity index is 943. The smallest absolute Gasteiger partial charge is 0.268 e. The Labute approximate surface area is 177 Å². The van der Waals surface area contributed by atoms with Gasteiger partial charge in [0.25, 0.3) is 5.91 Å². The fraction of sp³-hybridized carbons (Fsp3) is 0.417. The van der Waals surface area contributed by atoms with Gasteiger partial charge in [0.05, 0.1) is 5.69 Å². The SMILES string of the molecule is CCC1Oc2ccc(C)cc2N(CC(=O)NCCN2CCc3ccccc3C2)C1=O. The molecule has 2 heterocycles. The van der Waals surface area contributed by atoms with Gasteiger partial charge < -0.3 is 10.1 Å². The summed E-state index contributed by atoms with van der Waals surface area (Å²) in [4.78, 5) is 29.4. The monoisotopic (exact) mass is 407 g/mol. The molecule has 2 aromatic rings. The van der Waals surface area contributed by atoms with Crippen LogP contribution < -0.4 is 15.0 Å². The summed E-state index contributed by atoms with van der Waals surface area (Å²) >= 11 is 0. The number of benzene rings is 2. The van der Waals surface area contributed by atoms with Gasteiger partial charge in [0.15, 0.2) is 6.10 Å². The number of carbonyl (C=O) groups excluding carboxylic acids is 2. The highest BCUT2D eigenvalue weighted by molar-refractivity contribution is 6.03. The van der Waals surface area contributed by atoms with Gasteiger partial charge in [-0.15, -0.1) is 0 Å². The lowest BCUT2D eigenvalue weighted by molar-refractivity contribution is -0.129. The average Bonchev–Trinajstić information content (AvgIpc) is 2.75. The highest BCUT2D eigenvalue weighted by Crippen LogP contribution is 2.35. The van der Waals surface area contributed by atoms with Crippen molar-refractivity contribution in [2.24, 2.45) is 0 Å². The van der Waals surface area contributed by atoms with Crippen molar-refractivity contribution in [3.63, 3.8) is 0 Å². The minimum atomic E-state index is -0.540. The summed E-state index contributed by atoms with van der Waals surface area (Å²) in [5.41, 5.74) is 4.48. The zero-order valence-corrected chi connectivity index (χ0v) is 17.7. The van der Waals surface area contributed by atoms with Gasteiger partial charge in [-0.25, -0.2) is 0 Å². The summed E-state index contributed by atoms with van der Waals surface area (Å²) in [7, 11) is 0. The number of anilines is 1. The molecule has 0 radical (unpaired) electrons. The maximum Gasteiger partial charge on any atom is 0.268 e. The van der Waals surface area contributed by atoms with Gasteiger partial charge in [-0.05, 0) is 48.6 Å². The minimum Gasteiger partial charge on any atom is -0.478 e. The molecule has 0 aliphatic carbocycles. The molecule has 2 aliphatic rings. The first-order chi connectivity index (χ1) is 14.5. The summed E-state index contributed by atoms with van der Waals surface area (Å²) in [5.74, 6) is 0.357. The van der Waals surface area contributed by atoms with E-state index < -0.39 is 6.10 Å². The van der Waals surface area contributed by atoms with Crippen LogP contribution in [0.1, 0.15) is 30.0 Å². The van der Waals surface area contributed by atoms with E-state index in [0.29, 0.717) is 24.4 Å². The predicted octanol–water partition coefficient (Wildman–Crippen LogP) is 2.67. The van der Waals surface area contributed by atoms with Crippen LogP contribution in [0.15, 0.2) is 42.5 Å². The molecule has 0 aromatic heterocycles. The van der Waals surface area contributed by atoms with E-state index in [0.717, 1.165) is 31.6 Å².